The van der Waals surface area contributed by atoms with Crippen LogP contribution in [0.3, 0.4) is 0 Å². The molecule has 0 bridgehead atoms. The first-order chi connectivity index (χ1) is 23.2. The fourth-order valence-electron chi connectivity index (χ4n) is 5.49. The van der Waals surface area contributed by atoms with Gasteiger partial charge in [0.2, 0.25) is 0 Å². The number of ether oxygens (including phenoxy) is 2. The van der Waals surface area contributed by atoms with Crippen molar-refractivity contribution in [3.05, 3.63) is 48.6 Å². The van der Waals surface area contributed by atoms with Crippen LogP contribution in [0.1, 0.15) is 168 Å². The van der Waals surface area contributed by atoms with Crippen molar-refractivity contribution >= 4 is 0 Å². The number of likely N-dealkylation sites (N-methyl/N-ethyl adjacent to an activating group) is 1. The second-order valence-electron chi connectivity index (χ2n) is 13.8. The van der Waals surface area contributed by atoms with E-state index in [2.05, 4.69) is 86.8 Å². The van der Waals surface area contributed by atoms with Gasteiger partial charge in [-0.2, -0.15) is 0 Å². The van der Waals surface area contributed by atoms with E-state index in [1.807, 2.05) is 0 Å². The Labute approximate surface area is 295 Å². The predicted molar refractivity (Wildman–Crippen MR) is 211 cm³/mol. The average molecular weight is 659 g/mol. The number of hydrogen-bond donors (Lipinski definition) is 1. The topological polar surface area (TPSA) is 33.7 Å². The summed E-state index contributed by atoms with van der Waals surface area (Å²) in [4.78, 5) is 2.22. The van der Waals surface area contributed by atoms with Gasteiger partial charge in [0.1, 0.15) is 0 Å². The molecule has 4 heteroatoms. The Morgan fingerprint density at radius 3 is 1.21 bits per heavy atom. The van der Waals surface area contributed by atoms with Crippen LogP contribution < -0.4 is 5.32 Å². The van der Waals surface area contributed by atoms with E-state index < -0.39 is 0 Å². The maximum absolute atomic E-state index is 6.08. The summed E-state index contributed by atoms with van der Waals surface area (Å²) in [5, 5.41) is 3.65. The molecule has 0 saturated carbocycles. The van der Waals surface area contributed by atoms with Crippen molar-refractivity contribution in [3.8, 4) is 0 Å². The molecule has 0 fully saturated rings. The maximum atomic E-state index is 6.08. The summed E-state index contributed by atoms with van der Waals surface area (Å²) in [5.41, 5.74) is 0. The van der Waals surface area contributed by atoms with Crippen molar-refractivity contribution < 1.29 is 9.47 Å². The van der Waals surface area contributed by atoms with Crippen molar-refractivity contribution in [1.82, 2.24) is 10.2 Å². The minimum atomic E-state index is 0.282. The van der Waals surface area contributed by atoms with E-state index in [9.17, 15) is 0 Å². The Hall–Kier alpha value is -1.20. The zero-order valence-corrected chi connectivity index (χ0v) is 32.2. The van der Waals surface area contributed by atoms with Crippen LogP contribution in [0.5, 0.6) is 0 Å². The first-order valence-electron chi connectivity index (χ1n) is 20.3. The van der Waals surface area contributed by atoms with Crippen molar-refractivity contribution in [2.75, 3.05) is 53.6 Å². The third-order valence-electron chi connectivity index (χ3n) is 8.61. The molecule has 47 heavy (non-hydrogen) atoms. The van der Waals surface area contributed by atoms with Crippen LogP contribution in [0.25, 0.3) is 0 Å². The van der Waals surface area contributed by atoms with Gasteiger partial charge in [0.25, 0.3) is 0 Å². The van der Waals surface area contributed by atoms with E-state index in [1.54, 1.807) is 0 Å². The number of rotatable bonds is 38. The summed E-state index contributed by atoms with van der Waals surface area (Å²) in [6.07, 6.45) is 49.5. The molecule has 276 valence electrons. The van der Waals surface area contributed by atoms with Crippen LogP contribution in [-0.4, -0.2) is 64.6 Å². The molecule has 0 aromatic carbocycles. The first kappa shape index (κ1) is 45.8. The van der Waals surface area contributed by atoms with Crippen molar-refractivity contribution in [1.29, 1.82) is 0 Å². The third kappa shape index (κ3) is 40.9. The number of nitrogens with zero attached hydrogens (tertiary/aromatic N) is 1. The molecule has 0 spiro atoms. The van der Waals surface area contributed by atoms with E-state index >= 15 is 0 Å². The van der Waals surface area contributed by atoms with Crippen LogP contribution in [0.4, 0.5) is 0 Å². The van der Waals surface area contributed by atoms with Crippen LogP contribution in [-0.2, 0) is 9.47 Å². The van der Waals surface area contributed by atoms with E-state index in [1.165, 1.54) is 141 Å². The minimum absolute atomic E-state index is 0.282. The molecular formula is C43H82N2O2. The Kier molecular flexibility index (Phi) is 39.9. The summed E-state index contributed by atoms with van der Waals surface area (Å²) in [6, 6.07) is 0.282. The van der Waals surface area contributed by atoms with E-state index in [0.29, 0.717) is 0 Å². The van der Waals surface area contributed by atoms with E-state index in [-0.39, 0.29) is 6.04 Å². The van der Waals surface area contributed by atoms with Gasteiger partial charge in [-0.1, -0.05) is 140 Å². The molecule has 0 radical (unpaired) electrons. The molecule has 0 rings (SSSR count). The highest BCUT2D eigenvalue weighted by atomic mass is 16.5. The largest absolute Gasteiger partial charge is 0.380 e. The smallest absolute Gasteiger partial charge is 0.0642 e. The van der Waals surface area contributed by atoms with E-state index in [0.717, 1.165) is 52.4 Å². The van der Waals surface area contributed by atoms with Gasteiger partial charge in [-0.3, -0.25) is 0 Å². The molecule has 0 aliphatic rings. The molecule has 0 aromatic rings. The first-order valence-corrected chi connectivity index (χ1v) is 20.3. The lowest BCUT2D eigenvalue weighted by molar-refractivity contribution is 0.0524. The van der Waals surface area contributed by atoms with E-state index in [4.69, 9.17) is 9.47 Å². The Balaban J connectivity index is 3.71. The molecule has 4 nitrogen and oxygen atoms in total. The zero-order valence-electron chi connectivity index (χ0n) is 32.2. The van der Waals surface area contributed by atoms with Crippen LogP contribution >= 0.6 is 0 Å². The fourth-order valence-corrected chi connectivity index (χ4v) is 5.49. The molecule has 0 aromatic heterocycles. The lowest BCUT2D eigenvalue weighted by Gasteiger charge is -2.20. The molecule has 0 saturated heterocycles. The van der Waals surface area contributed by atoms with Crippen molar-refractivity contribution in [2.24, 2.45) is 0 Å². The normalized spacial score (nSPS) is 13.1. The number of nitrogens with one attached hydrogen (secondary N) is 1. The Morgan fingerprint density at radius 2 is 0.830 bits per heavy atom. The molecule has 0 heterocycles. The standard InChI is InChI=1S/C43H82N2O2/c1-5-7-9-11-13-15-17-19-21-23-25-27-29-31-33-35-39-46-41-43(44-37-38-45(3)4)42-47-40-36-34-32-30-28-26-24-22-20-18-16-14-12-10-8-6-2/h13-16,19-22,43-44H,5-12,17-18,23-42H2,1-4H3/b15-13-,16-14+,21-19-,22-20+. The fraction of sp³-hybridized carbons (Fsp3) is 0.814. The molecule has 1 N–H and O–H groups in total. The average Bonchev–Trinajstić information content (AvgIpc) is 3.06. The molecule has 0 amide bonds. The lowest BCUT2D eigenvalue weighted by atomic mass is 10.1. The highest BCUT2D eigenvalue weighted by Gasteiger charge is 2.09. The number of hydrogen-bond acceptors (Lipinski definition) is 4. The third-order valence-corrected chi connectivity index (χ3v) is 8.61. The van der Waals surface area contributed by atoms with Gasteiger partial charge in [0.05, 0.1) is 19.3 Å². The monoisotopic (exact) mass is 659 g/mol. The molecule has 1 unspecified atom stereocenters. The molecule has 0 aliphatic carbocycles. The van der Waals surface area contributed by atoms with Crippen LogP contribution in [0.15, 0.2) is 48.6 Å². The minimum Gasteiger partial charge on any atom is -0.380 e. The summed E-state index contributed by atoms with van der Waals surface area (Å²) in [7, 11) is 4.25. The predicted octanol–water partition coefficient (Wildman–Crippen LogP) is 12.2. The quantitative estimate of drug-likeness (QED) is 0.0529. The zero-order chi connectivity index (χ0) is 34.1. The maximum Gasteiger partial charge on any atom is 0.0642 e. The summed E-state index contributed by atoms with van der Waals surface area (Å²) in [5.74, 6) is 0. The molecular weight excluding hydrogens is 576 g/mol. The summed E-state index contributed by atoms with van der Waals surface area (Å²) >= 11 is 0. The second kappa shape index (κ2) is 41.0. The number of allylic oxidation sites excluding steroid dienone is 8. The molecule has 1 atom stereocenters. The van der Waals surface area contributed by atoms with Crippen LogP contribution in [0.2, 0.25) is 0 Å². The van der Waals surface area contributed by atoms with Crippen molar-refractivity contribution in [3.63, 3.8) is 0 Å². The summed E-state index contributed by atoms with van der Waals surface area (Å²) < 4.78 is 12.2. The van der Waals surface area contributed by atoms with Gasteiger partial charge in [-0.25, -0.2) is 0 Å². The van der Waals surface area contributed by atoms with Gasteiger partial charge in [-0.15, -0.1) is 0 Å². The summed E-state index contributed by atoms with van der Waals surface area (Å²) in [6.45, 7) is 9.77. The highest BCUT2D eigenvalue weighted by molar-refractivity contribution is 4.93. The van der Waals surface area contributed by atoms with Gasteiger partial charge in [-0.05, 0) is 91.1 Å². The van der Waals surface area contributed by atoms with Crippen molar-refractivity contribution in [2.45, 2.75) is 174 Å². The Bertz CT molecular complexity index is 648. The highest BCUT2D eigenvalue weighted by Crippen LogP contribution is 2.10. The second-order valence-corrected chi connectivity index (χ2v) is 13.8. The van der Waals surface area contributed by atoms with Gasteiger partial charge in [0.15, 0.2) is 0 Å². The van der Waals surface area contributed by atoms with Gasteiger partial charge < -0.3 is 19.7 Å². The van der Waals surface area contributed by atoms with Crippen LogP contribution in [0, 0.1) is 0 Å². The molecule has 0 aliphatic heterocycles. The van der Waals surface area contributed by atoms with Gasteiger partial charge in [0, 0.05) is 26.3 Å². The van der Waals surface area contributed by atoms with Gasteiger partial charge >= 0.3 is 0 Å². The Morgan fingerprint density at radius 1 is 0.468 bits per heavy atom. The SMILES string of the molecule is CCCCC/C=C\C/C=C\CCCCCCCCOCC(COCCCCCCCC/C=C/C/C=C/CCCCC)NCCN(C)C. The lowest BCUT2D eigenvalue weighted by Crippen LogP contribution is -2.41. The number of unbranched alkanes of at least 4 members (excludes halogenated alkanes) is 18.